The summed E-state index contributed by atoms with van der Waals surface area (Å²) in [6.07, 6.45) is 7.78. The van der Waals surface area contributed by atoms with Gasteiger partial charge < -0.3 is 9.47 Å². The quantitative estimate of drug-likeness (QED) is 0.447. The Morgan fingerprint density at radius 1 is 1.19 bits per heavy atom. The van der Waals surface area contributed by atoms with E-state index in [-0.39, 0.29) is 18.1 Å². The molecule has 1 aliphatic heterocycles. The van der Waals surface area contributed by atoms with Gasteiger partial charge in [-0.2, -0.15) is 0 Å². The van der Waals surface area contributed by atoms with Crippen molar-refractivity contribution in [2.24, 2.45) is 11.8 Å². The van der Waals surface area contributed by atoms with Crippen molar-refractivity contribution in [3.8, 4) is 5.75 Å². The van der Waals surface area contributed by atoms with E-state index in [0.717, 1.165) is 36.9 Å². The second-order valence-electron chi connectivity index (χ2n) is 8.66. The summed E-state index contributed by atoms with van der Waals surface area (Å²) in [6, 6.07) is 11.2. The van der Waals surface area contributed by atoms with Crippen LogP contribution in [-0.4, -0.2) is 29.4 Å². The minimum absolute atomic E-state index is 0.0263. The lowest BCUT2D eigenvalue weighted by atomic mass is 9.73. The second-order valence-corrected chi connectivity index (χ2v) is 9.06. The van der Waals surface area contributed by atoms with Crippen molar-refractivity contribution in [1.82, 2.24) is 4.98 Å². The molecule has 164 valence electrons. The highest BCUT2D eigenvalue weighted by Crippen LogP contribution is 2.45. The Bertz CT molecular complexity index is 922. The predicted octanol–water partition coefficient (Wildman–Crippen LogP) is 4.98. The van der Waals surface area contributed by atoms with Gasteiger partial charge in [-0.15, -0.1) is 0 Å². The van der Waals surface area contributed by atoms with Crippen LogP contribution in [0.3, 0.4) is 0 Å². The summed E-state index contributed by atoms with van der Waals surface area (Å²) in [5, 5.41) is 0.557. The van der Waals surface area contributed by atoms with E-state index >= 15 is 0 Å². The molecule has 0 amide bonds. The average Bonchev–Trinajstić information content (AvgIpc) is 3.31. The summed E-state index contributed by atoms with van der Waals surface area (Å²) in [5.74, 6) is -0.333. The minimum atomic E-state index is -0.764. The van der Waals surface area contributed by atoms with Gasteiger partial charge >= 0.3 is 5.97 Å². The number of Topliss-reactive ketones (excluding diaryl/α,β-unsaturated/α-hetero) is 1. The number of carbonyl (C=O) groups excluding carboxylic acids is 2. The van der Waals surface area contributed by atoms with Gasteiger partial charge in [0, 0.05) is 24.7 Å². The van der Waals surface area contributed by atoms with Gasteiger partial charge in [0.05, 0.1) is 12.1 Å². The largest absolute Gasteiger partial charge is 0.495 e. The van der Waals surface area contributed by atoms with Crippen molar-refractivity contribution >= 4 is 23.4 Å². The number of ketones is 1. The van der Waals surface area contributed by atoms with Crippen LogP contribution >= 0.6 is 11.6 Å². The molecule has 1 aromatic carbocycles. The first-order chi connectivity index (χ1) is 15.0. The number of nitrogens with zero attached hydrogens (tertiary/aromatic N) is 1. The van der Waals surface area contributed by atoms with Crippen molar-refractivity contribution in [3.05, 3.63) is 58.9 Å². The molecule has 2 fully saturated rings. The van der Waals surface area contributed by atoms with E-state index in [9.17, 15) is 9.59 Å². The Labute approximate surface area is 188 Å². The number of cyclic esters (lactones) is 1. The molecule has 0 radical (unpaired) electrons. The number of esters is 1. The van der Waals surface area contributed by atoms with Crippen molar-refractivity contribution in [1.29, 1.82) is 0 Å². The molecule has 2 aromatic rings. The molecule has 5 nitrogen and oxygen atoms in total. The summed E-state index contributed by atoms with van der Waals surface area (Å²) >= 11 is 6.28. The van der Waals surface area contributed by atoms with Gasteiger partial charge in [-0.1, -0.05) is 36.6 Å². The Kier molecular flexibility index (Phi) is 6.61. The summed E-state index contributed by atoms with van der Waals surface area (Å²) in [7, 11) is 1.59. The van der Waals surface area contributed by atoms with Gasteiger partial charge in [0.1, 0.15) is 17.3 Å². The van der Waals surface area contributed by atoms with E-state index in [4.69, 9.17) is 21.1 Å². The SMILES string of the molecule is COc1ccc(CCC2(C3CCCC3)CC(=O)C(Cc3ccccn3)C(=O)O2)cc1Cl. The number of methoxy groups -OCH3 is 1. The molecule has 1 aromatic heterocycles. The number of pyridine rings is 1. The zero-order valence-electron chi connectivity index (χ0n) is 17.8. The number of carbonyl (C=O) groups is 2. The molecule has 2 atom stereocenters. The standard InChI is InChI=1S/C25H28ClNO4/c1-30-23-10-9-17(14-21(23)26)11-12-25(18-6-2-3-7-18)16-22(28)20(24(29)31-25)15-19-8-4-5-13-27-19/h4-5,8-10,13-14,18,20H,2-3,6-7,11-12,15-16H2,1H3. The number of aryl methyl sites for hydroxylation is 1. The van der Waals surface area contributed by atoms with E-state index in [0.29, 0.717) is 30.0 Å². The van der Waals surface area contributed by atoms with Gasteiger partial charge in [0.2, 0.25) is 0 Å². The molecule has 6 heteroatoms. The van der Waals surface area contributed by atoms with Crippen molar-refractivity contribution in [3.63, 3.8) is 0 Å². The van der Waals surface area contributed by atoms with E-state index in [1.165, 1.54) is 0 Å². The molecule has 4 rings (SSSR count). The number of hydrogen-bond donors (Lipinski definition) is 0. The van der Waals surface area contributed by atoms with E-state index in [2.05, 4.69) is 4.98 Å². The van der Waals surface area contributed by atoms with Crippen molar-refractivity contribution in [2.75, 3.05) is 7.11 Å². The maximum absolute atomic E-state index is 13.2. The summed E-state index contributed by atoms with van der Waals surface area (Å²) in [5.41, 5.74) is 1.05. The van der Waals surface area contributed by atoms with Crippen LogP contribution in [0.5, 0.6) is 5.75 Å². The molecule has 1 aliphatic carbocycles. The van der Waals surface area contributed by atoms with Crippen LogP contribution < -0.4 is 4.74 Å². The highest BCUT2D eigenvalue weighted by atomic mass is 35.5. The number of rotatable bonds is 7. The lowest BCUT2D eigenvalue weighted by Gasteiger charge is -2.43. The second kappa shape index (κ2) is 9.39. The normalized spacial score (nSPS) is 24.3. The predicted molar refractivity (Wildman–Crippen MR) is 118 cm³/mol. The number of ether oxygens (including phenoxy) is 2. The molecule has 1 saturated heterocycles. The van der Waals surface area contributed by atoms with Crippen molar-refractivity contribution in [2.45, 2.75) is 57.0 Å². The highest BCUT2D eigenvalue weighted by molar-refractivity contribution is 6.32. The van der Waals surface area contributed by atoms with Crippen LogP contribution in [0.25, 0.3) is 0 Å². The molecule has 2 unspecified atom stereocenters. The first-order valence-electron chi connectivity index (χ1n) is 11.0. The third-order valence-corrected chi connectivity index (χ3v) is 7.04. The van der Waals surface area contributed by atoms with Crippen molar-refractivity contribution < 1.29 is 19.1 Å². The summed E-state index contributed by atoms with van der Waals surface area (Å²) < 4.78 is 11.4. The Hall–Kier alpha value is -2.40. The lowest BCUT2D eigenvalue weighted by molar-refractivity contribution is -0.185. The number of hydrogen-bond acceptors (Lipinski definition) is 5. The van der Waals surface area contributed by atoms with Crippen LogP contribution in [0.2, 0.25) is 5.02 Å². The van der Waals surface area contributed by atoms with Crippen LogP contribution in [0.4, 0.5) is 0 Å². The van der Waals surface area contributed by atoms with Crippen LogP contribution in [0, 0.1) is 11.8 Å². The maximum atomic E-state index is 13.2. The minimum Gasteiger partial charge on any atom is -0.495 e. The smallest absolute Gasteiger partial charge is 0.317 e. The molecule has 0 N–H and O–H groups in total. The van der Waals surface area contributed by atoms with E-state index in [1.807, 2.05) is 36.4 Å². The van der Waals surface area contributed by atoms with Gasteiger partial charge in [-0.05, 0) is 61.4 Å². The third kappa shape index (κ3) is 4.77. The van der Waals surface area contributed by atoms with Gasteiger partial charge in [-0.25, -0.2) is 0 Å². The Morgan fingerprint density at radius 2 is 2.00 bits per heavy atom. The molecule has 1 saturated carbocycles. The average molecular weight is 442 g/mol. The first kappa shape index (κ1) is 21.8. The molecule has 0 spiro atoms. The van der Waals surface area contributed by atoms with Crippen LogP contribution in [0.1, 0.15) is 49.8 Å². The zero-order valence-corrected chi connectivity index (χ0v) is 18.6. The molecule has 31 heavy (non-hydrogen) atoms. The Morgan fingerprint density at radius 3 is 2.65 bits per heavy atom. The maximum Gasteiger partial charge on any atom is 0.317 e. The number of aromatic nitrogens is 1. The topological polar surface area (TPSA) is 65.5 Å². The molecule has 2 heterocycles. The highest BCUT2D eigenvalue weighted by Gasteiger charge is 2.51. The Balaban J connectivity index is 1.52. The first-order valence-corrected chi connectivity index (χ1v) is 11.4. The molecular formula is C25H28ClNO4. The summed E-state index contributed by atoms with van der Waals surface area (Å²) in [4.78, 5) is 30.5. The van der Waals surface area contributed by atoms with Crippen LogP contribution in [-0.2, 0) is 27.2 Å². The van der Waals surface area contributed by atoms with E-state index in [1.54, 1.807) is 13.3 Å². The lowest BCUT2D eigenvalue weighted by Crippen LogP contribution is -2.52. The molecule has 2 aliphatic rings. The van der Waals surface area contributed by atoms with Crippen LogP contribution in [0.15, 0.2) is 42.6 Å². The third-order valence-electron chi connectivity index (χ3n) is 6.74. The number of benzene rings is 1. The zero-order chi connectivity index (χ0) is 21.8. The van der Waals surface area contributed by atoms with Gasteiger partial charge in [-0.3, -0.25) is 14.6 Å². The molecular weight excluding hydrogens is 414 g/mol. The number of halogens is 1. The fourth-order valence-electron chi connectivity index (χ4n) is 5.03. The fourth-order valence-corrected chi connectivity index (χ4v) is 5.31. The van der Waals surface area contributed by atoms with Gasteiger partial charge in [0.15, 0.2) is 5.78 Å². The summed E-state index contributed by atoms with van der Waals surface area (Å²) in [6.45, 7) is 0. The monoisotopic (exact) mass is 441 g/mol. The van der Waals surface area contributed by atoms with E-state index < -0.39 is 17.5 Å². The molecule has 0 bridgehead atoms. The fraction of sp³-hybridized carbons (Fsp3) is 0.480. The van der Waals surface area contributed by atoms with Gasteiger partial charge in [0.25, 0.3) is 0 Å².